The summed E-state index contributed by atoms with van der Waals surface area (Å²) in [6.45, 7) is 0.700. The van der Waals surface area contributed by atoms with E-state index in [1.807, 2.05) is 31.1 Å². The van der Waals surface area contributed by atoms with Crippen molar-refractivity contribution in [3.8, 4) is 0 Å². The summed E-state index contributed by atoms with van der Waals surface area (Å²) in [5.74, 6) is -0.138. The summed E-state index contributed by atoms with van der Waals surface area (Å²) in [5, 5.41) is 5.67. The average Bonchev–Trinajstić information content (AvgIpc) is 2.57. The number of hydrogen-bond donors (Lipinski definition) is 3. The third-order valence-electron chi connectivity index (χ3n) is 3.58. The summed E-state index contributed by atoms with van der Waals surface area (Å²) in [6.07, 6.45) is 0.719. The van der Waals surface area contributed by atoms with Crippen molar-refractivity contribution in [2.45, 2.75) is 12.8 Å². The number of nitrogens with zero attached hydrogens (tertiary/aromatic N) is 1. The minimum atomic E-state index is -0.104. The van der Waals surface area contributed by atoms with Gasteiger partial charge in [0.25, 0.3) is 0 Å². The lowest BCUT2D eigenvalue weighted by Crippen LogP contribution is -2.20. The number of carbonyl (C=O) groups is 2. The molecule has 2 amide bonds. The van der Waals surface area contributed by atoms with Crippen molar-refractivity contribution in [2.24, 2.45) is 0 Å². The van der Waals surface area contributed by atoms with E-state index in [0.29, 0.717) is 30.0 Å². The molecule has 4 N–H and O–H groups in total. The standard InChI is InChI=1S/C19H24N4O2.2ClH/c1-23(2)12-11-18(24)21-16-7-9-17(10-8-16)22-19(25)13-14-3-5-15(20)6-4-14;;/h3-10H,11-13,20H2,1-2H3,(H,21,24)(H,22,25);2*1H. The Kier molecular flexibility index (Phi) is 11.1. The number of amides is 2. The van der Waals surface area contributed by atoms with Crippen molar-refractivity contribution in [3.05, 3.63) is 54.1 Å². The first-order valence-corrected chi connectivity index (χ1v) is 8.11. The first kappa shape index (κ1) is 24.7. The van der Waals surface area contributed by atoms with Crippen LogP contribution in [0.4, 0.5) is 17.1 Å². The lowest BCUT2D eigenvalue weighted by Gasteiger charge is -2.10. The SMILES string of the molecule is CN(C)CCC(=O)Nc1ccc(NC(=O)Cc2ccc(N)cc2)cc1.Cl.Cl. The minimum Gasteiger partial charge on any atom is -0.399 e. The van der Waals surface area contributed by atoms with Gasteiger partial charge in [0.1, 0.15) is 0 Å². The Morgan fingerprint density at radius 3 is 1.81 bits per heavy atom. The van der Waals surface area contributed by atoms with E-state index in [0.717, 1.165) is 5.56 Å². The highest BCUT2D eigenvalue weighted by Gasteiger charge is 2.06. The second-order valence-electron chi connectivity index (χ2n) is 6.15. The Bertz CT molecular complexity index is 719. The third kappa shape index (κ3) is 9.28. The number of rotatable bonds is 7. The molecule has 0 atom stereocenters. The zero-order chi connectivity index (χ0) is 18.2. The quantitative estimate of drug-likeness (QED) is 0.609. The fourth-order valence-corrected chi connectivity index (χ4v) is 2.21. The van der Waals surface area contributed by atoms with Crippen molar-refractivity contribution in [2.75, 3.05) is 37.0 Å². The van der Waals surface area contributed by atoms with Crippen LogP contribution in [-0.2, 0) is 16.0 Å². The van der Waals surface area contributed by atoms with Crippen molar-refractivity contribution >= 4 is 53.7 Å². The molecule has 0 aliphatic rings. The van der Waals surface area contributed by atoms with E-state index >= 15 is 0 Å². The van der Waals surface area contributed by atoms with E-state index in [4.69, 9.17) is 5.73 Å². The topological polar surface area (TPSA) is 87.5 Å². The maximum Gasteiger partial charge on any atom is 0.228 e. The Labute approximate surface area is 172 Å². The number of nitrogens with two attached hydrogens (primary N) is 1. The highest BCUT2D eigenvalue weighted by molar-refractivity contribution is 5.93. The van der Waals surface area contributed by atoms with Crippen LogP contribution in [0.15, 0.2) is 48.5 Å². The summed E-state index contributed by atoms with van der Waals surface area (Å²) in [7, 11) is 3.85. The van der Waals surface area contributed by atoms with Gasteiger partial charge in [0.05, 0.1) is 6.42 Å². The monoisotopic (exact) mass is 412 g/mol. The van der Waals surface area contributed by atoms with Crippen molar-refractivity contribution < 1.29 is 9.59 Å². The average molecular weight is 413 g/mol. The molecule has 0 radical (unpaired) electrons. The molecule has 0 aliphatic heterocycles. The molecule has 0 spiro atoms. The van der Waals surface area contributed by atoms with Gasteiger partial charge < -0.3 is 21.3 Å². The number of nitrogen functional groups attached to an aromatic ring is 1. The van der Waals surface area contributed by atoms with Gasteiger partial charge in [-0.2, -0.15) is 0 Å². The lowest BCUT2D eigenvalue weighted by atomic mass is 10.1. The fraction of sp³-hybridized carbons (Fsp3) is 0.263. The zero-order valence-corrected chi connectivity index (χ0v) is 17.0. The Balaban J connectivity index is 0.00000338. The number of carbonyl (C=O) groups excluding carboxylic acids is 2. The van der Waals surface area contributed by atoms with E-state index in [2.05, 4.69) is 10.6 Å². The number of halogens is 2. The van der Waals surface area contributed by atoms with Gasteiger partial charge in [-0.15, -0.1) is 24.8 Å². The highest BCUT2D eigenvalue weighted by Crippen LogP contribution is 2.14. The molecule has 2 aromatic carbocycles. The molecule has 0 aromatic heterocycles. The van der Waals surface area contributed by atoms with Crippen molar-refractivity contribution in [3.63, 3.8) is 0 Å². The predicted molar refractivity (Wildman–Crippen MR) is 116 cm³/mol. The Morgan fingerprint density at radius 1 is 0.852 bits per heavy atom. The Hall–Kier alpha value is -2.28. The molecular formula is C19H26Cl2N4O2. The number of benzene rings is 2. The molecular weight excluding hydrogens is 387 g/mol. The van der Waals surface area contributed by atoms with Crippen molar-refractivity contribution in [1.29, 1.82) is 0 Å². The van der Waals surface area contributed by atoms with E-state index in [-0.39, 0.29) is 43.0 Å². The van der Waals surface area contributed by atoms with Crippen LogP contribution >= 0.6 is 24.8 Å². The van der Waals surface area contributed by atoms with Gasteiger partial charge in [-0.25, -0.2) is 0 Å². The number of hydrogen-bond acceptors (Lipinski definition) is 4. The minimum absolute atomic E-state index is 0. The normalized spacial score (nSPS) is 9.74. The molecule has 0 fully saturated rings. The molecule has 0 heterocycles. The summed E-state index contributed by atoms with van der Waals surface area (Å²) in [5.41, 5.74) is 8.60. The number of anilines is 3. The molecule has 0 aliphatic carbocycles. The summed E-state index contributed by atoms with van der Waals surface area (Å²) in [6, 6.07) is 14.3. The van der Waals surface area contributed by atoms with E-state index in [9.17, 15) is 9.59 Å². The second kappa shape index (κ2) is 12.2. The van der Waals surface area contributed by atoms with Gasteiger partial charge in [-0.1, -0.05) is 12.1 Å². The summed E-state index contributed by atoms with van der Waals surface area (Å²) >= 11 is 0. The molecule has 8 heteroatoms. The highest BCUT2D eigenvalue weighted by atomic mass is 35.5. The largest absolute Gasteiger partial charge is 0.399 e. The van der Waals surface area contributed by atoms with Crippen LogP contribution in [0.25, 0.3) is 0 Å². The fourth-order valence-electron chi connectivity index (χ4n) is 2.21. The van der Waals surface area contributed by atoms with Gasteiger partial charge in [0, 0.05) is 30.0 Å². The van der Waals surface area contributed by atoms with Crippen molar-refractivity contribution in [1.82, 2.24) is 4.90 Å². The van der Waals surface area contributed by atoms with Crippen LogP contribution in [0, 0.1) is 0 Å². The van der Waals surface area contributed by atoms with Gasteiger partial charge in [-0.3, -0.25) is 9.59 Å². The van der Waals surface area contributed by atoms with Gasteiger partial charge >= 0.3 is 0 Å². The molecule has 6 nitrogen and oxygen atoms in total. The Morgan fingerprint density at radius 2 is 1.33 bits per heavy atom. The zero-order valence-electron chi connectivity index (χ0n) is 15.4. The molecule has 2 rings (SSSR count). The molecule has 27 heavy (non-hydrogen) atoms. The van der Waals surface area contributed by atoms with Crippen LogP contribution in [-0.4, -0.2) is 37.4 Å². The molecule has 148 valence electrons. The first-order valence-electron chi connectivity index (χ1n) is 8.11. The lowest BCUT2D eigenvalue weighted by molar-refractivity contribution is -0.116. The predicted octanol–water partition coefficient (Wildman–Crippen LogP) is 3.18. The van der Waals surface area contributed by atoms with Crippen LogP contribution in [0.5, 0.6) is 0 Å². The maximum atomic E-state index is 12.1. The van der Waals surface area contributed by atoms with E-state index < -0.39 is 0 Å². The van der Waals surface area contributed by atoms with Gasteiger partial charge in [0.2, 0.25) is 11.8 Å². The third-order valence-corrected chi connectivity index (χ3v) is 3.58. The second-order valence-corrected chi connectivity index (χ2v) is 6.15. The summed E-state index contributed by atoms with van der Waals surface area (Å²) in [4.78, 5) is 25.8. The van der Waals surface area contributed by atoms with Crippen LogP contribution in [0.3, 0.4) is 0 Å². The molecule has 0 bridgehead atoms. The first-order chi connectivity index (χ1) is 11.9. The molecule has 0 saturated heterocycles. The van der Waals surface area contributed by atoms with Crippen LogP contribution < -0.4 is 16.4 Å². The van der Waals surface area contributed by atoms with Gasteiger partial charge in [0.15, 0.2) is 0 Å². The van der Waals surface area contributed by atoms with E-state index in [1.165, 1.54) is 0 Å². The number of nitrogens with one attached hydrogen (secondary N) is 2. The molecule has 0 saturated carbocycles. The molecule has 0 unspecified atom stereocenters. The maximum absolute atomic E-state index is 12.1. The van der Waals surface area contributed by atoms with Gasteiger partial charge in [-0.05, 0) is 56.1 Å². The van der Waals surface area contributed by atoms with Crippen LogP contribution in [0.1, 0.15) is 12.0 Å². The molecule has 2 aromatic rings. The van der Waals surface area contributed by atoms with E-state index in [1.54, 1.807) is 36.4 Å². The smallest absolute Gasteiger partial charge is 0.228 e. The summed E-state index contributed by atoms with van der Waals surface area (Å²) < 4.78 is 0. The van der Waals surface area contributed by atoms with Crippen LogP contribution in [0.2, 0.25) is 0 Å².